The van der Waals surface area contributed by atoms with Gasteiger partial charge in [0.2, 0.25) is 11.8 Å². The normalized spacial score (nSPS) is 19.9. The molecule has 1 fully saturated rings. The summed E-state index contributed by atoms with van der Waals surface area (Å²) in [4.78, 5) is 30.3. The molecule has 0 saturated carbocycles. The van der Waals surface area contributed by atoms with E-state index >= 15 is 0 Å². The number of carbonyl (C=O) groups excluding carboxylic acids is 2. The third-order valence-corrected chi connectivity index (χ3v) is 3.77. The number of carbonyl (C=O) groups is 2. The first-order valence-electron chi connectivity index (χ1n) is 6.10. The van der Waals surface area contributed by atoms with Gasteiger partial charge in [-0.05, 0) is 13.3 Å². The fourth-order valence-electron chi connectivity index (χ4n) is 1.99. The molecule has 5 nitrogen and oxygen atoms in total. The molecule has 1 N–H and O–H groups in total. The van der Waals surface area contributed by atoms with Gasteiger partial charge in [0.05, 0.1) is 12.5 Å². The number of aryl methyl sites for hydroxylation is 1. The Bertz CT molecular complexity index is 458. The third kappa shape index (κ3) is 2.76. The first-order valence-corrected chi connectivity index (χ1v) is 6.92. The van der Waals surface area contributed by atoms with Crippen LogP contribution in [-0.4, -0.2) is 34.3 Å². The summed E-state index contributed by atoms with van der Waals surface area (Å²) in [5.74, 6) is -0.176. The van der Waals surface area contributed by atoms with E-state index in [-0.39, 0.29) is 24.3 Å². The largest absolute Gasteiger partial charge is 0.299 e. The maximum Gasteiger partial charge on any atom is 0.246 e. The summed E-state index contributed by atoms with van der Waals surface area (Å²) in [6.45, 7) is 5.02. The summed E-state index contributed by atoms with van der Waals surface area (Å²) in [6, 6.07) is -0.381. The van der Waals surface area contributed by atoms with Gasteiger partial charge in [-0.2, -0.15) is 0 Å². The number of amides is 2. The Morgan fingerprint density at radius 1 is 1.56 bits per heavy atom. The van der Waals surface area contributed by atoms with Crippen LogP contribution < -0.4 is 5.32 Å². The lowest BCUT2D eigenvalue weighted by Gasteiger charge is -2.13. The van der Waals surface area contributed by atoms with Crippen LogP contribution in [0.25, 0.3) is 0 Å². The van der Waals surface area contributed by atoms with Gasteiger partial charge in [-0.15, -0.1) is 11.3 Å². The minimum Gasteiger partial charge on any atom is -0.299 e. The second kappa shape index (κ2) is 5.58. The monoisotopic (exact) mass is 267 g/mol. The highest BCUT2D eigenvalue weighted by molar-refractivity contribution is 7.11. The number of imide groups is 1. The van der Waals surface area contributed by atoms with Crippen molar-refractivity contribution in [1.82, 2.24) is 15.2 Å². The maximum atomic E-state index is 12.0. The SMILES string of the molecule is CCCN1C(=O)CC(NCc2ncc(C)s2)C1=O. The molecule has 18 heavy (non-hydrogen) atoms. The maximum absolute atomic E-state index is 12.0. The van der Waals surface area contributed by atoms with Gasteiger partial charge in [0, 0.05) is 24.2 Å². The van der Waals surface area contributed by atoms with Crippen LogP contribution in [0.4, 0.5) is 0 Å². The molecular weight excluding hydrogens is 250 g/mol. The van der Waals surface area contributed by atoms with Gasteiger partial charge in [0.15, 0.2) is 0 Å². The van der Waals surface area contributed by atoms with E-state index in [2.05, 4.69) is 10.3 Å². The molecule has 1 atom stereocenters. The van der Waals surface area contributed by atoms with Crippen molar-refractivity contribution < 1.29 is 9.59 Å². The van der Waals surface area contributed by atoms with E-state index in [4.69, 9.17) is 0 Å². The van der Waals surface area contributed by atoms with Crippen molar-refractivity contribution in [3.05, 3.63) is 16.1 Å². The highest BCUT2D eigenvalue weighted by atomic mass is 32.1. The number of nitrogens with zero attached hydrogens (tertiary/aromatic N) is 2. The van der Waals surface area contributed by atoms with Crippen molar-refractivity contribution >= 4 is 23.2 Å². The zero-order chi connectivity index (χ0) is 13.1. The summed E-state index contributed by atoms with van der Waals surface area (Å²) >= 11 is 1.60. The van der Waals surface area contributed by atoms with E-state index in [1.165, 1.54) is 4.90 Å². The zero-order valence-electron chi connectivity index (χ0n) is 10.6. The molecule has 2 heterocycles. The van der Waals surface area contributed by atoms with E-state index in [0.717, 1.165) is 16.3 Å². The standard InChI is InChI=1S/C12H17N3O2S/c1-3-4-15-11(16)5-9(12(15)17)13-7-10-14-6-8(2)18-10/h6,9,13H,3-5,7H2,1-2H3. The Balaban J connectivity index is 1.91. The average molecular weight is 267 g/mol. The molecule has 1 aromatic heterocycles. The third-order valence-electron chi connectivity index (χ3n) is 2.86. The lowest BCUT2D eigenvalue weighted by atomic mass is 10.2. The molecule has 2 rings (SSSR count). The summed E-state index contributed by atoms with van der Waals surface area (Å²) in [5, 5.41) is 4.06. The van der Waals surface area contributed by atoms with Crippen molar-refractivity contribution in [2.45, 2.75) is 39.3 Å². The number of nitrogens with one attached hydrogen (secondary N) is 1. The van der Waals surface area contributed by atoms with E-state index < -0.39 is 0 Å². The summed E-state index contributed by atoms with van der Waals surface area (Å²) in [7, 11) is 0. The van der Waals surface area contributed by atoms with Crippen LogP contribution in [0.5, 0.6) is 0 Å². The van der Waals surface area contributed by atoms with Gasteiger partial charge < -0.3 is 0 Å². The summed E-state index contributed by atoms with van der Waals surface area (Å²) in [5.41, 5.74) is 0. The molecule has 0 aromatic carbocycles. The second-order valence-corrected chi connectivity index (χ2v) is 5.71. The zero-order valence-corrected chi connectivity index (χ0v) is 11.4. The van der Waals surface area contributed by atoms with Crippen molar-refractivity contribution in [2.75, 3.05) is 6.54 Å². The van der Waals surface area contributed by atoms with E-state index in [1.807, 2.05) is 20.0 Å². The average Bonchev–Trinajstić information content (AvgIpc) is 2.86. The molecule has 98 valence electrons. The van der Waals surface area contributed by atoms with Crippen molar-refractivity contribution in [2.24, 2.45) is 0 Å². The predicted molar refractivity (Wildman–Crippen MR) is 69.1 cm³/mol. The smallest absolute Gasteiger partial charge is 0.246 e. The van der Waals surface area contributed by atoms with E-state index in [1.54, 1.807) is 11.3 Å². The fourth-order valence-corrected chi connectivity index (χ4v) is 2.73. The Hall–Kier alpha value is -1.27. The Morgan fingerprint density at radius 3 is 2.94 bits per heavy atom. The molecular formula is C12H17N3O2S. The highest BCUT2D eigenvalue weighted by Crippen LogP contribution is 2.15. The fraction of sp³-hybridized carbons (Fsp3) is 0.583. The van der Waals surface area contributed by atoms with Gasteiger partial charge in [-0.3, -0.25) is 19.8 Å². The molecule has 0 spiro atoms. The van der Waals surface area contributed by atoms with Crippen LogP contribution in [0, 0.1) is 6.92 Å². The van der Waals surface area contributed by atoms with Crippen molar-refractivity contribution in [3.63, 3.8) is 0 Å². The quantitative estimate of drug-likeness (QED) is 0.811. The number of rotatable bonds is 5. The van der Waals surface area contributed by atoms with Crippen LogP contribution in [0.15, 0.2) is 6.20 Å². The molecule has 0 aliphatic carbocycles. The minimum absolute atomic E-state index is 0.0744. The van der Waals surface area contributed by atoms with Crippen LogP contribution >= 0.6 is 11.3 Å². The van der Waals surface area contributed by atoms with Crippen molar-refractivity contribution in [1.29, 1.82) is 0 Å². The molecule has 1 aliphatic rings. The highest BCUT2D eigenvalue weighted by Gasteiger charge is 2.37. The molecule has 0 radical (unpaired) electrons. The first kappa shape index (κ1) is 13.2. The van der Waals surface area contributed by atoms with Gasteiger partial charge in [-0.25, -0.2) is 4.98 Å². The summed E-state index contributed by atoms with van der Waals surface area (Å²) < 4.78 is 0. The van der Waals surface area contributed by atoms with E-state index in [0.29, 0.717) is 13.1 Å². The minimum atomic E-state index is -0.381. The molecule has 1 aromatic rings. The molecule has 1 unspecified atom stereocenters. The van der Waals surface area contributed by atoms with Crippen LogP contribution in [-0.2, 0) is 16.1 Å². The Morgan fingerprint density at radius 2 is 2.33 bits per heavy atom. The topological polar surface area (TPSA) is 62.3 Å². The lowest BCUT2D eigenvalue weighted by Crippen LogP contribution is -2.38. The number of thiazole rings is 1. The number of hydrogen-bond donors (Lipinski definition) is 1. The summed E-state index contributed by atoms with van der Waals surface area (Å²) in [6.07, 6.45) is 2.88. The number of hydrogen-bond acceptors (Lipinski definition) is 5. The van der Waals surface area contributed by atoms with Crippen LogP contribution in [0.1, 0.15) is 29.7 Å². The van der Waals surface area contributed by atoms with Gasteiger partial charge in [-0.1, -0.05) is 6.92 Å². The van der Waals surface area contributed by atoms with Gasteiger partial charge in [0.25, 0.3) is 0 Å². The van der Waals surface area contributed by atoms with Gasteiger partial charge in [0.1, 0.15) is 5.01 Å². The predicted octanol–water partition coefficient (Wildman–Crippen LogP) is 1.08. The Kier molecular flexibility index (Phi) is 4.08. The van der Waals surface area contributed by atoms with Crippen molar-refractivity contribution in [3.8, 4) is 0 Å². The number of likely N-dealkylation sites (tertiary alicyclic amines) is 1. The molecule has 1 saturated heterocycles. The second-order valence-electron chi connectivity index (χ2n) is 4.39. The molecule has 0 bridgehead atoms. The molecule has 1 aliphatic heterocycles. The van der Waals surface area contributed by atoms with Crippen LogP contribution in [0.2, 0.25) is 0 Å². The van der Waals surface area contributed by atoms with E-state index in [9.17, 15) is 9.59 Å². The van der Waals surface area contributed by atoms with Gasteiger partial charge >= 0.3 is 0 Å². The molecule has 2 amide bonds. The molecule has 6 heteroatoms. The lowest BCUT2D eigenvalue weighted by molar-refractivity contribution is -0.138. The first-order chi connectivity index (χ1) is 8.61. The Labute approximate surface area is 110 Å². The number of aromatic nitrogens is 1. The van der Waals surface area contributed by atoms with Crippen LogP contribution in [0.3, 0.4) is 0 Å².